The average Bonchev–Trinajstić information content (AvgIpc) is 2.13. The van der Waals surface area contributed by atoms with Crippen LogP contribution in [0.15, 0.2) is 0 Å². The molecular formula is C11H17N3O2. The van der Waals surface area contributed by atoms with Crippen molar-refractivity contribution in [3.63, 3.8) is 0 Å². The molecule has 5 heteroatoms. The summed E-state index contributed by atoms with van der Waals surface area (Å²) in [6.45, 7) is 6.92. The van der Waals surface area contributed by atoms with Gasteiger partial charge in [0.2, 0.25) is 0 Å². The lowest BCUT2D eigenvalue weighted by Crippen LogP contribution is -2.39. The standard InChI is InChI=1S/C11H17N3O2/c1-8(6-12)5-9(7-13)14-10(15)16-11(2,3)4/h8-9H,5H2,1-4H3,(H,14,15)/t8-,9-/m0/s1. The van der Waals surface area contributed by atoms with Crippen LogP contribution >= 0.6 is 0 Å². The highest BCUT2D eigenvalue weighted by Crippen LogP contribution is 2.08. The Morgan fingerprint density at radius 3 is 2.31 bits per heavy atom. The predicted octanol–water partition coefficient (Wildman–Crippen LogP) is 1.95. The summed E-state index contributed by atoms with van der Waals surface area (Å²) in [6.07, 6.45) is -0.337. The van der Waals surface area contributed by atoms with E-state index in [2.05, 4.69) is 5.32 Å². The van der Waals surface area contributed by atoms with Gasteiger partial charge in [-0.15, -0.1) is 0 Å². The Morgan fingerprint density at radius 1 is 1.38 bits per heavy atom. The summed E-state index contributed by atoms with van der Waals surface area (Å²) in [4.78, 5) is 11.3. The molecule has 0 aliphatic rings. The predicted molar refractivity (Wildman–Crippen MR) is 58.2 cm³/mol. The number of carbonyl (C=O) groups is 1. The number of nitrogens with zero attached hydrogens (tertiary/aromatic N) is 2. The van der Waals surface area contributed by atoms with Gasteiger partial charge in [-0.25, -0.2) is 4.79 Å². The maximum Gasteiger partial charge on any atom is 0.408 e. The number of carbonyl (C=O) groups excluding carboxylic acids is 1. The average molecular weight is 223 g/mol. The van der Waals surface area contributed by atoms with E-state index in [-0.39, 0.29) is 5.92 Å². The van der Waals surface area contributed by atoms with Gasteiger partial charge in [0.15, 0.2) is 0 Å². The van der Waals surface area contributed by atoms with Crippen LogP contribution in [0, 0.1) is 28.6 Å². The molecule has 88 valence electrons. The van der Waals surface area contributed by atoms with Crippen LogP contribution in [0.25, 0.3) is 0 Å². The number of hydrogen-bond acceptors (Lipinski definition) is 4. The number of hydrogen-bond donors (Lipinski definition) is 1. The zero-order valence-electron chi connectivity index (χ0n) is 10.1. The van der Waals surface area contributed by atoms with E-state index in [0.717, 1.165) is 0 Å². The van der Waals surface area contributed by atoms with Crippen LogP contribution in [0.1, 0.15) is 34.1 Å². The number of alkyl carbamates (subject to hydrolysis) is 1. The van der Waals surface area contributed by atoms with Gasteiger partial charge in [0, 0.05) is 5.92 Å². The van der Waals surface area contributed by atoms with Crippen LogP contribution in [0.3, 0.4) is 0 Å². The van der Waals surface area contributed by atoms with Gasteiger partial charge < -0.3 is 10.1 Å². The largest absolute Gasteiger partial charge is 0.444 e. The second kappa shape index (κ2) is 5.97. The van der Waals surface area contributed by atoms with E-state index in [0.29, 0.717) is 6.42 Å². The van der Waals surface area contributed by atoms with Gasteiger partial charge in [-0.1, -0.05) is 0 Å². The number of amides is 1. The lowest BCUT2D eigenvalue weighted by molar-refractivity contribution is 0.0512. The van der Waals surface area contributed by atoms with E-state index < -0.39 is 17.7 Å². The molecule has 0 fully saturated rings. The minimum Gasteiger partial charge on any atom is -0.444 e. The van der Waals surface area contributed by atoms with Crippen molar-refractivity contribution in [1.29, 1.82) is 10.5 Å². The second-order valence-corrected chi connectivity index (χ2v) is 4.59. The highest BCUT2D eigenvalue weighted by Gasteiger charge is 2.20. The monoisotopic (exact) mass is 223 g/mol. The lowest BCUT2D eigenvalue weighted by Gasteiger charge is -2.21. The van der Waals surface area contributed by atoms with Crippen LogP contribution in [0.2, 0.25) is 0 Å². The number of ether oxygens (including phenoxy) is 1. The molecule has 0 rings (SSSR count). The molecule has 0 aliphatic heterocycles. The maximum atomic E-state index is 11.3. The summed E-state index contributed by atoms with van der Waals surface area (Å²) in [7, 11) is 0. The number of nitriles is 2. The first-order chi connectivity index (χ1) is 7.28. The summed E-state index contributed by atoms with van der Waals surface area (Å²) in [5.41, 5.74) is -0.592. The topological polar surface area (TPSA) is 85.9 Å². The van der Waals surface area contributed by atoms with Gasteiger partial charge in [-0.2, -0.15) is 10.5 Å². The van der Waals surface area contributed by atoms with E-state index in [1.165, 1.54) is 0 Å². The first-order valence-electron chi connectivity index (χ1n) is 5.07. The fraction of sp³-hybridized carbons (Fsp3) is 0.727. The van der Waals surface area contributed by atoms with Gasteiger partial charge in [0.05, 0.1) is 12.1 Å². The zero-order valence-corrected chi connectivity index (χ0v) is 10.1. The second-order valence-electron chi connectivity index (χ2n) is 4.59. The van der Waals surface area contributed by atoms with E-state index >= 15 is 0 Å². The highest BCUT2D eigenvalue weighted by atomic mass is 16.6. The minimum absolute atomic E-state index is 0.278. The van der Waals surface area contributed by atoms with Crippen molar-refractivity contribution >= 4 is 6.09 Å². The van der Waals surface area contributed by atoms with Crippen LogP contribution < -0.4 is 5.32 Å². The third-order valence-electron chi connectivity index (χ3n) is 1.66. The third kappa shape index (κ3) is 6.67. The maximum absolute atomic E-state index is 11.3. The van der Waals surface area contributed by atoms with Gasteiger partial charge in [0.1, 0.15) is 11.6 Å². The molecule has 0 aromatic heterocycles. The number of rotatable bonds is 3. The molecule has 0 unspecified atom stereocenters. The van der Waals surface area contributed by atoms with Crippen molar-refractivity contribution < 1.29 is 9.53 Å². The molecule has 16 heavy (non-hydrogen) atoms. The normalized spacial score (nSPS) is 14.1. The Labute approximate surface area is 96.0 Å². The first-order valence-corrected chi connectivity index (χ1v) is 5.07. The van der Waals surface area contributed by atoms with Crippen molar-refractivity contribution in [2.24, 2.45) is 5.92 Å². The summed E-state index contributed by atoms with van der Waals surface area (Å²) in [5.74, 6) is -0.278. The van der Waals surface area contributed by atoms with Crippen LogP contribution in [-0.2, 0) is 4.74 Å². The minimum atomic E-state index is -0.690. The highest BCUT2D eigenvalue weighted by molar-refractivity contribution is 5.68. The van der Waals surface area contributed by atoms with E-state index in [9.17, 15) is 4.79 Å². The molecule has 0 aromatic rings. The van der Waals surface area contributed by atoms with Gasteiger partial charge >= 0.3 is 6.09 Å². The quantitative estimate of drug-likeness (QED) is 0.792. The van der Waals surface area contributed by atoms with Crippen molar-refractivity contribution in [3.05, 3.63) is 0 Å². The van der Waals surface area contributed by atoms with Crippen molar-refractivity contribution in [2.45, 2.75) is 45.8 Å². The van der Waals surface area contributed by atoms with E-state index in [1.807, 2.05) is 12.1 Å². The van der Waals surface area contributed by atoms with Crippen LogP contribution in [0.5, 0.6) is 0 Å². The molecule has 1 amide bonds. The Hall–Kier alpha value is -1.75. The molecule has 0 heterocycles. The molecule has 0 radical (unpaired) electrons. The van der Waals surface area contributed by atoms with Gasteiger partial charge in [-0.05, 0) is 34.1 Å². The Morgan fingerprint density at radius 2 is 1.94 bits per heavy atom. The fourth-order valence-electron chi connectivity index (χ4n) is 1.000. The lowest BCUT2D eigenvalue weighted by atomic mass is 10.0. The van der Waals surface area contributed by atoms with Crippen molar-refractivity contribution in [3.8, 4) is 12.1 Å². The van der Waals surface area contributed by atoms with Crippen molar-refractivity contribution in [2.75, 3.05) is 0 Å². The molecule has 0 saturated heterocycles. The smallest absolute Gasteiger partial charge is 0.408 e. The van der Waals surface area contributed by atoms with Gasteiger partial charge in [-0.3, -0.25) is 0 Å². The molecule has 0 aromatic carbocycles. The van der Waals surface area contributed by atoms with E-state index in [1.54, 1.807) is 27.7 Å². The fourth-order valence-corrected chi connectivity index (χ4v) is 1.000. The molecule has 0 bridgehead atoms. The zero-order chi connectivity index (χ0) is 12.8. The SMILES string of the molecule is C[C@H](C#N)C[C@@H](C#N)NC(=O)OC(C)(C)C. The van der Waals surface area contributed by atoms with Crippen molar-refractivity contribution in [1.82, 2.24) is 5.32 Å². The first kappa shape index (κ1) is 14.2. The van der Waals surface area contributed by atoms with E-state index in [4.69, 9.17) is 15.3 Å². The molecule has 5 nitrogen and oxygen atoms in total. The summed E-state index contributed by atoms with van der Waals surface area (Å²) in [6, 6.07) is 3.24. The summed E-state index contributed by atoms with van der Waals surface area (Å²) in [5, 5.41) is 19.8. The Kier molecular flexibility index (Phi) is 5.32. The molecule has 0 saturated carbocycles. The van der Waals surface area contributed by atoms with Gasteiger partial charge in [0.25, 0.3) is 0 Å². The Bertz CT molecular complexity index is 320. The Balaban J connectivity index is 4.20. The molecular weight excluding hydrogens is 206 g/mol. The molecule has 0 aliphatic carbocycles. The van der Waals surface area contributed by atoms with Crippen LogP contribution in [0.4, 0.5) is 4.79 Å². The molecule has 0 spiro atoms. The number of nitrogens with one attached hydrogen (secondary N) is 1. The summed E-state index contributed by atoms with van der Waals surface area (Å²) >= 11 is 0. The summed E-state index contributed by atoms with van der Waals surface area (Å²) < 4.78 is 5.00. The molecule has 2 atom stereocenters. The van der Waals surface area contributed by atoms with Crippen LogP contribution in [-0.4, -0.2) is 17.7 Å². The third-order valence-corrected chi connectivity index (χ3v) is 1.66. The molecule has 1 N–H and O–H groups in total.